The van der Waals surface area contributed by atoms with Crippen molar-refractivity contribution in [3.63, 3.8) is 0 Å². The van der Waals surface area contributed by atoms with Crippen molar-refractivity contribution in [2.75, 3.05) is 13.1 Å². The van der Waals surface area contributed by atoms with Gasteiger partial charge in [-0.2, -0.15) is 0 Å². The van der Waals surface area contributed by atoms with E-state index in [1.165, 1.54) is 0 Å². The third kappa shape index (κ3) is 4.20. The third-order valence-electron chi connectivity index (χ3n) is 2.99. The average Bonchev–Trinajstić information content (AvgIpc) is 2.48. The lowest BCUT2D eigenvalue weighted by Gasteiger charge is -2.20. The summed E-state index contributed by atoms with van der Waals surface area (Å²) in [5.41, 5.74) is 0.294. The van der Waals surface area contributed by atoms with Crippen molar-refractivity contribution in [3.8, 4) is 0 Å². The van der Waals surface area contributed by atoms with Crippen molar-refractivity contribution in [1.82, 2.24) is 10.6 Å². The van der Waals surface area contributed by atoms with Crippen molar-refractivity contribution in [2.45, 2.75) is 46.6 Å². The summed E-state index contributed by atoms with van der Waals surface area (Å²) < 4.78 is 0. The van der Waals surface area contributed by atoms with Gasteiger partial charge in [-0.1, -0.05) is 27.7 Å². The zero-order valence-corrected chi connectivity index (χ0v) is 10.4. The molecule has 1 heterocycles. The number of carbonyl (C=O) groups is 1. The molecule has 3 nitrogen and oxygen atoms in total. The van der Waals surface area contributed by atoms with E-state index in [9.17, 15) is 4.79 Å². The molecule has 1 fully saturated rings. The number of nitrogens with one attached hydrogen (secondary N) is 2. The topological polar surface area (TPSA) is 41.1 Å². The third-order valence-corrected chi connectivity index (χ3v) is 2.99. The van der Waals surface area contributed by atoms with Crippen molar-refractivity contribution in [3.05, 3.63) is 0 Å². The lowest BCUT2D eigenvalue weighted by Crippen LogP contribution is -2.44. The summed E-state index contributed by atoms with van der Waals surface area (Å²) in [5.74, 6) is 0.642. The first kappa shape index (κ1) is 12.5. The zero-order valence-electron chi connectivity index (χ0n) is 10.4. The lowest BCUT2D eigenvalue weighted by atomic mass is 9.92. The first-order chi connectivity index (χ1) is 6.90. The Kier molecular flexibility index (Phi) is 4.14. The molecule has 0 spiro atoms. The summed E-state index contributed by atoms with van der Waals surface area (Å²) in [6.07, 6.45) is 2.14. The SMILES string of the molecule is CC1CCNC1C(=O)NCCC(C)(C)C. The smallest absolute Gasteiger partial charge is 0.237 e. The Balaban J connectivity index is 2.24. The number of amides is 1. The fourth-order valence-corrected chi connectivity index (χ4v) is 1.86. The summed E-state index contributed by atoms with van der Waals surface area (Å²) in [6, 6.07) is 0.0324. The highest BCUT2D eigenvalue weighted by atomic mass is 16.2. The van der Waals surface area contributed by atoms with Crippen LogP contribution in [0.25, 0.3) is 0 Å². The molecule has 0 radical (unpaired) electrons. The normalized spacial score (nSPS) is 26.7. The van der Waals surface area contributed by atoms with Crippen molar-refractivity contribution >= 4 is 5.91 Å². The molecular formula is C12H24N2O. The van der Waals surface area contributed by atoms with Gasteiger partial charge in [-0.3, -0.25) is 4.79 Å². The molecule has 2 N–H and O–H groups in total. The predicted molar refractivity (Wildman–Crippen MR) is 62.7 cm³/mol. The van der Waals surface area contributed by atoms with Crippen LogP contribution in [0.4, 0.5) is 0 Å². The molecule has 2 atom stereocenters. The largest absolute Gasteiger partial charge is 0.355 e. The van der Waals surface area contributed by atoms with Crippen LogP contribution in [0.15, 0.2) is 0 Å². The Morgan fingerprint density at radius 1 is 1.47 bits per heavy atom. The average molecular weight is 212 g/mol. The molecule has 0 bridgehead atoms. The summed E-state index contributed by atoms with van der Waals surface area (Å²) in [5, 5.41) is 6.25. The van der Waals surface area contributed by atoms with Gasteiger partial charge in [0.05, 0.1) is 6.04 Å². The minimum Gasteiger partial charge on any atom is -0.355 e. The summed E-state index contributed by atoms with van der Waals surface area (Å²) >= 11 is 0. The minimum absolute atomic E-state index is 0.0324. The molecule has 15 heavy (non-hydrogen) atoms. The van der Waals surface area contributed by atoms with Crippen LogP contribution >= 0.6 is 0 Å². The Morgan fingerprint density at radius 3 is 2.60 bits per heavy atom. The molecule has 0 aromatic heterocycles. The molecular weight excluding hydrogens is 188 g/mol. The van der Waals surface area contributed by atoms with Crippen molar-refractivity contribution in [1.29, 1.82) is 0 Å². The second kappa shape index (κ2) is 4.97. The highest BCUT2D eigenvalue weighted by Gasteiger charge is 2.28. The van der Waals surface area contributed by atoms with Crippen LogP contribution in [0.3, 0.4) is 0 Å². The Hall–Kier alpha value is -0.570. The van der Waals surface area contributed by atoms with Crippen LogP contribution in [0.5, 0.6) is 0 Å². The molecule has 1 saturated heterocycles. The summed E-state index contributed by atoms with van der Waals surface area (Å²) in [7, 11) is 0. The van der Waals surface area contributed by atoms with Gasteiger partial charge in [0, 0.05) is 6.54 Å². The van der Waals surface area contributed by atoms with Crippen LogP contribution in [0.2, 0.25) is 0 Å². The van der Waals surface area contributed by atoms with E-state index in [4.69, 9.17) is 0 Å². The fraction of sp³-hybridized carbons (Fsp3) is 0.917. The van der Waals surface area contributed by atoms with Gasteiger partial charge in [0.2, 0.25) is 5.91 Å². The maximum absolute atomic E-state index is 11.8. The highest BCUT2D eigenvalue weighted by molar-refractivity contribution is 5.82. The molecule has 3 heteroatoms. The van der Waals surface area contributed by atoms with E-state index < -0.39 is 0 Å². The van der Waals surface area contributed by atoms with Crippen molar-refractivity contribution < 1.29 is 4.79 Å². The molecule has 1 amide bonds. The standard InChI is InChI=1S/C12H24N2O/c1-9-5-7-13-10(9)11(15)14-8-6-12(2,3)4/h9-10,13H,5-8H2,1-4H3,(H,14,15). The monoisotopic (exact) mass is 212 g/mol. The van der Waals surface area contributed by atoms with Gasteiger partial charge in [0.1, 0.15) is 0 Å². The number of hydrogen-bond donors (Lipinski definition) is 2. The van der Waals surface area contributed by atoms with Gasteiger partial charge in [0.25, 0.3) is 0 Å². The van der Waals surface area contributed by atoms with Crippen LogP contribution < -0.4 is 10.6 Å². The van der Waals surface area contributed by atoms with Crippen LogP contribution in [-0.2, 0) is 4.79 Å². The number of rotatable bonds is 3. The molecule has 88 valence electrons. The van der Waals surface area contributed by atoms with E-state index in [1.807, 2.05) is 0 Å². The second-order valence-electron chi connectivity index (χ2n) is 5.80. The van der Waals surface area contributed by atoms with Gasteiger partial charge in [-0.05, 0) is 30.7 Å². The highest BCUT2D eigenvalue weighted by Crippen LogP contribution is 2.18. The molecule has 1 aliphatic heterocycles. The van der Waals surface area contributed by atoms with Gasteiger partial charge in [-0.15, -0.1) is 0 Å². The minimum atomic E-state index is 0.0324. The fourth-order valence-electron chi connectivity index (χ4n) is 1.86. The Labute approximate surface area is 93.0 Å². The van der Waals surface area contributed by atoms with Crippen LogP contribution in [0, 0.1) is 11.3 Å². The van der Waals surface area contributed by atoms with Crippen molar-refractivity contribution in [2.24, 2.45) is 11.3 Å². The molecule has 0 aliphatic carbocycles. The molecule has 0 aromatic carbocycles. The molecule has 1 rings (SSSR count). The molecule has 0 saturated carbocycles. The van der Waals surface area contributed by atoms with E-state index in [0.717, 1.165) is 25.9 Å². The number of carbonyl (C=O) groups excluding carboxylic acids is 1. The Morgan fingerprint density at radius 2 is 2.13 bits per heavy atom. The number of hydrogen-bond acceptors (Lipinski definition) is 2. The van der Waals surface area contributed by atoms with Gasteiger partial charge < -0.3 is 10.6 Å². The van der Waals surface area contributed by atoms with E-state index in [-0.39, 0.29) is 11.9 Å². The van der Waals surface area contributed by atoms with Gasteiger partial charge >= 0.3 is 0 Å². The first-order valence-corrected chi connectivity index (χ1v) is 5.91. The van der Waals surface area contributed by atoms with E-state index in [0.29, 0.717) is 11.3 Å². The summed E-state index contributed by atoms with van der Waals surface area (Å²) in [6.45, 7) is 10.5. The predicted octanol–water partition coefficient (Wildman–Crippen LogP) is 1.54. The van der Waals surface area contributed by atoms with E-state index in [1.54, 1.807) is 0 Å². The van der Waals surface area contributed by atoms with E-state index in [2.05, 4.69) is 38.3 Å². The molecule has 1 aliphatic rings. The second-order valence-corrected chi connectivity index (χ2v) is 5.80. The quantitative estimate of drug-likeness (QED) is 0.745. The maximum atomic E-state index is 11.8. The van der Waals surface area contributed by atoms with Gasteiger partial charge in [0.15, 0.2) is 0 Å². The summed E-state index contributed by atoms with van der Waals surface area (Å²) in [4.78, 5) is 11.8. The van der Waals surface area contributed by atoms with Crippen LogP contribution in [0.1, 0.15) is 40.5 Å². The molecule has 0 aromatic rings. The molecule has 2 unspecified atom stereocenters. The first-order valence-electron chi connectivity index (χ1n) is 5.91. The van der Waals surface area contributed by atoms with Gasteiger partial charge in [-0.25, -0.2) is 0 Å². The van der Waals surface area contributed by atoms with Crippen LogP contribution in [-0.4, -0.2) is 25.0 Å². The zero-order chi connectivity index (χ0) is 11.5. The van der Waals surface area contributed by atoms with E-state index >= 15 is 0 Å². The lowest BCUT2D eigenvalue weighted by molar-refractivity contribution is -0.123. The Bertz CT molecular complexity index is 220. The maximum Gasteiger partial charge on any atom is 0.237 e.